The molecule has 2 N–H and O–H groups in total. The molecule has 0 unspecified atom stereocenters. The number of rotatable bonds is 6. The fourth-order valence-corrected chi connectivity index (χ4v) is 3.10. The third-order valence-electron chi connectivity index (χ3n) is 4.45. The Morgan fingerprint density at radius 2 is 1.89 bits per heavy atom. The van der Waals surface area contributed by atoms with Crippen molar-refractivity contribution in [2.75, 3.05) is 6.54 Å². The number of aromatic nitrogens is 3. The standard InChI is InChI=1S/C21H20N4O2/c1-14-19(20(25-27-14)15-8-3-2-4-9-15)21(26)22-13-7-12-18-23-16-10-5-6-11-17(16)24-18/h2-6,8-11H,7,12-13H2,1H3,(H,22,26)(H,23,24). The van der Waals surface area contributed by atoms with Gasteiger partial charge in [0.05, 0.1) is 11.0 Å². The highest BCUT2D eigenvalue weighted by Gasteiger charge is 2.21. The fraction of sp³-hybridized carbons (Fsp3) is 0.190. The van der Waals surface area contributed by atoms with Gasteiger partial charge in [0.15, 0.2) is 0 Å². The summed E-state index contributed by atoms with van der Waals surface area (Å²) in [7, 11) is 0. The summed E-state index contributed by atoms with van der Waals surface area (Å²) in [6, 6.07) is 17.5. The van der Waals surface area contributed by atoms with Crippen LogP contribution in [-0.2, 0) is 6.42 Å². The lowest BCUT2D eigenvalue weighted by Gasteiger charge is -2.05. The molecule has 2 heterocycles. The predicted octanol–water partition coefficient (Wildman–Crippen LogP) is 3.89. The average molecular weight is 360 g/mol. The number of para-hydroxylation sites is 2. The van der Waals surface area contributed by atoms with E-state index < -0.39 is 0 Å². The number of H-pyrrole nitrogens is 1. The number of carbonyl (C=O) groups is 1. The molecule has 6 heteroatoms. The van der Waals surface area contributed by atoms with E-state index in [0.29, 0.717) is 23.6 Å². The van der Waals surface area contributed by atoms with Crippen molar-refractivity contribution in [1.29, 1.82) is 0 Å². The molecule has 2 aromatic heterocycles. The number of hydrogen-bond acceptors (Lipinski definition) is 4. The molecule has 0 aliphatic carbocycles. The van der Waals surface area contributed by atoms with Crippen molar-refractivity contribution in [1.82, 2.24) is 20.4 Å². The number of aryl methyl sites for hydroxylation is 2. The normalized spacial score (nSPS) is 11.0. The molecule has 4 aromatic rings. The first-order chi connectivity index (χ1) is 13.2. The number of benzene rings is 2. The SMILES string of the molecule is Cc1onc(-c2ccccc2)c1C(=O)NCCCc1nc2ccccc2[nH]1. The third-order valence-corrected chi connectivity index (χ3v) is 4.45. The molecule has 0 aliphatic rings. The van der Waals surface area contributed by atoms with Crippen molar-refractivity contribution in [3.05, 3.63) is 71.7 Å². The van der Waals surface area contributed by atoms with Crippen LogP contribution >= 0.6 is 0 Å². The van der Waals surface area contributed by atoms with E-state index in [-0.39, 0.29) is 5.91 Å². The van der Waals surface area contributed by atoms with E-state index in [9.17, 15) is 4.79 Å². The van der Waals surface area contributed by atoms with Gasteiger partial charge in [-0.1, -0.05) is 47.6 Å². The summed E-state index contributed by atoms with van der Waals surface area (Å²) < 4.78 is 5.25. The van der Waals surface area contributed by atoms with Crippen LogP contribution in [0.25, 0.3) is 22.3 Å². The second-order valence-electron chi connectivity index (χ2n) is 6.39. The Morgan fingerprint density at radius 1 is 1.11 bits per heavy atom. The van der Waals surface area contributed by atoms with Crippen molar-refractivity contribution in [2.24, 2.45) is 0 Å². The highest BCUT2D eigenvalue weighted by atomic mass is 16.5. The maximum Gasteiger partial charge on any atom is 0.257 e. The molecule has 0 saturated heterocycles. The number of carbonyl (C=O) groups excluding carboxylic acids is 1. The van der Waals surface area contributed by atoms with Gasteiger partial charge in [-0.3, -0.25) is 4.79 Å². The first kappa shape index (κ1) is 17.0. The first-order valence-electron chi connectivity index (χ1n) is 8.96. The number of nitrogens with zero attached hydrogens (tertiary/aromatic N) is 2. The Labute approximate surface area is 156 Å². The van der Waals surface area contributed by atoms with Gasteiger partial charge in [-0.15, -0.1) is 0 Å². The molecule has 27 heavy (non-hydrogen) atoms. The molecule has 0 saturated carbocycles. The van der Waals surface area contributed by atoms with Gasteiger partial charge < -0.3 is 14.8 Å². The molecule has 6 nitrogen and oxygen atoms in total. The van der Waals surface area contributed by atoms with Crippen LogP contribution in [0.15, 0.2) is 59.1 Å². The Kier molecular flexibility index (Phi) is 4.70. The summed E-state index contributed by atoms with van der Waals surface area (Å²) in [5, 5.41) is 7.02. The van der Waals surface area contributed by atoms with Gasteiger partial charge in [0.25, 0.3) is 5.91 Å². The lowest BCUT2D eigenvalue weighted by atomic mass is 10.1. The zero-order valence-electron chi connectivity index (χ0n) is 15.0. The summed E-state index contributed by atoms with van der Waals surface area (Å²) in [4.78, 5) is 20.5. The number of imidazole rings is 1. The molecule has 2 aromatic carbocycles. The van der Waals surface area contributed by atoms with Crippen molar-refractivity contribution >= 4 is 16.9 Å². The van der Waals surface area contributed by atoms with Crippen LogP contribution < -0.4 is 5.32 Å². The van der Waals surface area contributed by atoms with Gasteiger partial charge in [0.2, 0.25) is 0 Å². The summed E-state index contributed by atoms with van der Waals surface area (Å²) in [6.07, 6.45) is 1.56. The van der Waals surface area contributed by atoms with Gasteiger partial charge in [-0.05, 0) is 25.5 Å². The topological polar surface area (TPSA) is 83.8 Å². The van der Waals surface area contributed by atoms with E-state index >= 15 is 0 Å². The van der Waals surface area contributed by atoms with E-state index in [0.717, 1.165) is 35.3 Å². The van der Waals surface area contributed by atoms with E-state index in [4.69, 9.17) is 4.52 Å². The van der Waals surface area contributed by atoms with Crippen molar-refractivity contribution in [2.45, 2.75) is 19.8 Å². The lowest BCUT2D eigenvalue weighted by molar-refractivity contribution is 0.0952. The van der Waals surface area contributed by atoms with Gasteiger partial charge >= 0.3 is 0 Å². The lowest BCUT2D eigenvalue weighted by Crippen LogP contribution is -2.25. The minimum atomic E-state index is -0.169. The Bertz CT molecular complexity index is 1030. The molecule has 0 bridgehead atoms. The smallest absolute Gasteiger partial charge is 0.257 e. The molecule has 0 radical (unpaired) electrons. The molecule has 0 spiro atoms. The van der Waals surface area contributed by atoms with Gasteiger partial charge in [-0.2, -0.15) is 0 Å². The van der Waals surface area contributed by atoms with Gasteiger partial charge in [-0.25, -0.2) is 4.98 Å². The highest BCUT2D eigenvalue weighted by molar-refractivity contribution is 6.00. The maximum absolute atomic E-state index is 12.6. The molecule has 0 fully saturated rings. The molecule has 4 rings (SSSR count). The maximum atomic E-state index is 12.6. The largest absolute Gasteiger partial charge is 0.360 e. The Morgan fingerprint density at radius 3 is 2.70 bits per heavy atom. The minimum absolute atomic E-state index is 0.169. The van der Waals surface area contributed by atoms with Crippen molar-refractivity contribution in [3.63, 3.8) is 0 Å². The second-order valence-corrected chi connectivity index (χ2v) is 6.39. The highest BCUT2D eigenvalue weighted by Crippen LogP contribution is 2.24. The number of nitrogens with one attached hydrogen (secondary N) is 2. The number of hydrogen-bond donors (Lipinski definition) is 2. The molecular formula is C21H20N4O2. The summed E-state index contributed by atoms with van der Waals surface area (Å²) in [5.74, 6) is 1.28. The van der Waals surface area contributed by atoms with E-state index in [1.165, 1.54) is 0 Å². The van der Waals surface area contributed by atoms with Crippen LogP contribution in [0.1, 0.15) is 28.4 Å². The van der Waals surface area contributed by atoms with Crippen molar-refractivity contribution in [3.8, 4) is 11.3 Å². The van der Waals surface area contributed by atoms with E-state index in [1.54, 1.807) is 6.92 Å². The summed E-state index contributed by atoms with van der Waals surface area (Å²) >= 11 is 0. The molecule has 1 amide bonds. The van der Waals surface area contributed by atoms with Crippen LogP contribution in [-0.4, -0.2) is 27.6 Å². The molecule has 0 aliphatic heterocycles. The number of amides is 1. The van der Waals surface area contributed by atoms with Crippen LogP contribution in [0, 0.1) is 6.92 Å². The molecule has 0 atom stereocenters. The molecule has 136 valence electrons. The summed E-state index contributed by atoms with van der Waals surface area (Å²) in [5.41, 5.74) is 3.92. The Balaban J connectivity index is 1.38. The monoisotopic (exact) mass is 360 g/mol. The van der Waals surface area contributed by atoms with E-state index in [2.05, 4.69) is 20.4 Å². The minimum Gasteiger partial charge on any atom is -0.360 e. The second kappa shape index (κ2) is 7.45. The van der Waals surface area contributed by atoms with E-state index in [1.807, 2.05) is 54.6 Å². The van der Waals surface area contributed by atoms with Crippen LogP contribution in [0.5, 0.6) is 0 Å². The van der Waals surface area contributed by atoms with Crippen molar-refractivity contribution < 1.29 is 9.32 Å². The average Bonchev–Trinajstić information content (AvgIpc) is 3.28. The van der Waals surface area contributed by atoms with Crippen LogP contribution in [0.2, 0.25) is 0 Å². The number of aromatic amines is 1. The third kappa shape index (κ3) is 3.60. The predicted molar refractivity (Wildman–Crippen MR) is 103 cm³/mol. The molecular weight excluding hydrogens is 340 g/mol. The van der Waals surface area contributed by atoms with Crippen LogP contribution in [0.4, 0.5) is 0 Å². The van der Waals surface area contributed by atoms with Gasteiger partial charge in [0.1, 0.15) is 22.8 Å². The zero-order chi connectivity index (χ0) is 18.6. The fourth-order valence-electron chi connectivity index (χ4n) is 3.10. The first-order valence-corrected chi connectivity index (χ1v) is 8.96. The van der Waals surface area contributed by atoms with Gasteiger partial charge in [0, 0.05) is 18.5 Å². The number of fused-ring (bicyclic) bond motifs is 1. The van der Waals surface area contributed by atoms with Crippen LogP contribution in [0.3, 0.4) is 0 Å². The summed E-state index contributed by atoms with van der Waals surface area (Å²) in [6.45, 7) is 2.30. The zero-order valence-corrected chi connectivity index (χ0v) is 15.0. The quantitative estimate of drug-likeness (QED) is 0.511. The Hall–Kier alpha value is -3.41.